The largest absolute Gasteiger partial charge is 0.355 e. The van der Waals surface area contributed by atoms with Gasteiger partial charge in [0.25, 0.3) is 0 Å². The summed E-state index contributed by atoms with van der Waals surface area (Å²) in [5.41, 5.74) is 1.26. The summed E-state index contributed by atoms with van der Waals surface area (Å²) in [5.74, 6) is 1.03. The first-order valence-electron chi connectivity index (χ1n) is 9.19. The molecule has 0 spiro atoms. The van der Waals surface area contributed by atoms with Crippen LogP contribution in [-0.4, -0.2) is 67.8 Å². The standard InChI is InChI=1S/C19H29ClN4S.HI/c1-21-19(24-11-8-17(14-24)23-9-3-4-10-23)22-13-18(25-2)15-6-5-7-16(20)12-15;/h5-7,12,17-18H,3-4,8-11,13-14H2,1-2H3,(H,21,22);1H. The number of benzene rings is 1. The smallest absolute Gasteiger partial charge is 0.193 e. The highest BCUT2D eigenvalue weighted by Crippen LogP contribution is 2.28. The quantitative estimate of drug-likeness (QED) is 0.368. The van der Waals surface area contributed by atoms with Gasteiger partial charge in [-0.2, -0.15) is 11.8 Å². The molecule has 0 bridgehead atoms. The van der Waals surface area contributed by atoms with Gasteiger partial charge in [0.1, 0.15) is 0 Å². The summed E-state index contributed by atoms with van der Waals surface area (Å²) in [6.07, 6.45) is 6.12. The van der Waals surface area contributed by atoms with Crippen molar-refractivity contribution in [3.05, 3.63) is 34.9 Å². The third kappa shape index (κ3) is 5.66. The number of nitrogens with one attached hydrogen (secondary N) is 1. The zero-order chi connectivity index (χ0) is 17.6. The predicted octanol–water partition coefficient (Wildman–Crippen LogP) is 4.11. The predicted molar refractivity (Wildman–Crippen MR) is 125 cm³/mol. The summed E-state index contributed by atoms with van der Waals surface area (Å²) in [4.78, 5) is 9.60. The van der Waals surface area contributed by atoms with E-state index < -0.39 is 0 Å². The van der Waals surface area contributed by atoms with E-state index in [2.05, 4.69) is 38.5 Å². The molecule has 0 aliphatic carbocycles. The molecule has 2 heterocycles. The van der Waals surface area contributed by atoms with Crippen LogP contribution in [0.4, 0.5) is 0 Å². The van der Waals surface area contributed by atoms with Crippen molar-refractivity contribution in [2.75, 3.05) is 46.0 Å². The van der Waals surface area contributed by atoms with E-state index in [0.29, 0.717) is 11.3 Å². The number of thioether (sulfide) groups is 1. The van der Waals surface area contributed by atoms with Crippen LogP contribution in [0.3, 0.4) is 0 Å². The first kappa shape index (κ1) is 22.1. The molecule has 3 rings (SSSR count). The molecule has 0 amide bonds. The fraction of sp³-hybridized carbons (Fsp3) is 0.632. The Labute approximate surface area is 184 Å². The Bertz CT molecular complexity index is 595. The maximum Gasteiger partial charge on any atom is 0.193 e. The average molecular weight is 509 g/mol. The molecule has 2 fully saturated rings. The fourth-order valence-corrected chi connectivity index (χ4v) is 4.77. The van der Waals surface area contributed by atoms with Gasteiger partial charge in [-0.25, -0.2) is 0 Å². The van der Waals surface area contributed by atoms with Gasteiger partial charge in [-0.15, -0.1) is 24.0 Å². The van der Waals surface area contributed by atoms with E-state index in [-0.39, 0.29) is 24.0 Å². The highest BCUT2D eigenvalue weighted by molar-refractivity contribution is 14.0. The minimum atomic E-state index is 0. The second kappa shape index (κ2) is 11.0. The number of rotatable bonds is 5. The molecule has 0 radical (unpaired) electrons. The van der Waals surface area contributed by atoms with Crippen molar-refractivity contribution < 1.29 is 0 Å². The normalized spacial score (nSPS) is 22.3. The van der Waals surface area contributed by atoms with Crippen LogP contribution in [0, 0.1) is 0 Å². The van der Waals surface area contributed by atoms with E-state index in [1.807, 2.05) is 30.9 Å². The Morgan fingerprint density at radius 3 is 2.77 bits per heavy atom. The SMILES string of the molecule is CN=C(NCC(SC)c1cccc(Cl)c1)N1CCC(N2CCCC2)C1.I. The number of likely N-dealkylation sites (tertiary alicyclic amines) is 2. The van der Waals surface area contributed by atoms with Crippen LogP contribution < -0.4 is 5.32 Å². The Hall–Kier alpha value is -0.180. The van der Waals surface area contributed by atoms with E-state index in [1.54, 1.807) is 0 Å². The van der Waals surface area contributed by atoms with Gasteiger partial charge in [-0.05, 0) is 56.3 Å². The van der Waals surface area contributed by atoms with Crippen molar-refractivity contribution in [3.63, 3.8) is 0 Å². The highest BCUT2D eigenvalue weighted by atomic mass is 127. The van der Waals surface area contributed by atoms with Gasteiger partial charge in [-0.1, -0.05) is 23.7 Å². The van der Waals surface area contributed by atoms with Gasteiger partial charge in [0, 0.05) is 43.0 Å². The molecule has 7 heteroatoms. The van der Waals surface area contributed by atoms with Gasteiger partial charge in [0.05, 0.1) is 0 Å². The van der Waals surface area contributed by atoms with Crippen molar-refractivity contribution in [2.24, 2.45) is 4.99 Å². The van der Waals surface area contributed by atoms with Crippen molar-refractivity contribution in [1.82, 2.24) is 15.1 Å². The summed E-state index contributed by atoms with van der Waals surface area (Å²) < 4.78 is 0. The molecule has 2 unspecified atom stereocenters. The molecule has 2 aliphatic rings. The maximum atomic E-state index is 6.15. The topological polar surface area (TPSA) is 30.9 Å². The van der Waals surface area contributed by atoms with Gasteiger partial charge in [0.15, 0.2) is 5.96 Å². The van der Waals surface area contributed by atoms with E-state index in [1.165, 1.54) is 37.9 Å². The Morgan fingerprint density at radius 1 is 1.35 bits per heavy atom. The molecular weight excluding hydrogens is 479 g/mol. The third-order valence-corrected chi connectivity index (χ3v) is 6.53. The molecule has 1 aromatic carbocycles. The number of guanidine groups is 1. The van der Waals surface area contributed by atoms with Gasteiger partial charge in [0.2, 0.25) is 0 Å². The number of hydrogen-bond donors (Lipinski definition) is 1. The summed E-state index contributed by atoms with van der Waals surface area (Å²) in [6, 6.07) is 8.86. The molecule has 1 aromatic rings. The lowest BCUT2D eigenvalue weighted by molar-refractivity contribution is 0.249. The first-order chi connectivity index (χ1) is 12.2. The van der Waals surface area contributed by atoms with E-state index >= 15 is 0 Å². The van der Waals surface area contributed by atoms with Gasteiger partial charge in [-0.3, -0.25) is 9.89 Å². The summed E-state index contributed by atoms with van der Waals surface area (Å²) in [5, 5.41) is 4.75. The first-order valence-corrected chi connectivity index (χ1v) is 10.9. The van der Waals surface area contributed by atoms with Gasteiger partial charge < -0.3 is 10.2 Å². The van der Waals surface area contributed by atoms with Crippen LogP contribution in [0.25, 0.3) is 0 Å². The lowest BCUT2D eigenvalue weighted by Crippen LogP contribution is -2.43. The molecule has 0 aromatic heterocycles. The second-order valence-electron chi connectivity index (χ2n) is 6.84. The van der Waals surface area contributed by atoms with Crippen molar-refractivity contribution in [3.8, 4) is 0 Å². The number of aliphatic imine (C=N–C) groups is 1. The molecule has 1 N–H and O–H groups in total. The van der Waals surface area contributed by atoms with Crippen molar-refractivity contribution >= 4 is 53.3 Å². The summed E-state index contributed by atoms with van der Waals surface area (Å²) in [6.45, 7) is 5.60. The van der Waals surface area contributed by atoms with Crippen molar-refractivity contribution in [1.29, 1.82) is 0 Å². The molecule has 2 atom stereocenters. The fourth-order valence-electron chi connectivity index (χ4n) is 3.90. The number of nitrogens with zero attached hydrogens (tertiary/aromatic N) is 3. The molecule has 2 saturated heterocycles. The Kier molecular flexibility index (Phi) is 9.33. The third-order valence-electron chi connectivity index (χ3n) is 5.28. The molecular formula is C19H30ClIN4S. The zero-order valence-electron chi connectivity index (χ0n) is 15.7. The molecule has 146 valence electrons. The minimum absolute atomic E-state index is 0. The minimum Gasteiger partial charge on any atom is -0.355 e. The lowest BCUT2D eigenvalue weighted by Gasteiger charge is -2.26. The van der Waals surface area contributed by atoms with Crippen LogP contribution in [0.2, 0.25) is 5.02 Å². The van der Waals surface area contributed by atoms with Crippen LogP contribution >= 0.6 is 47.3 Å². The average Bonchev–Trinajstić information content (AvgIpc) is 3.30. The summed E-state index contributed by atoms with van der Waals surface area (Å²) in [7, 11) is 1.89. The van der Waals surface area contributed by atoms with Crippen LogP contribution in [0.1, 0.15) is 30.1 Å². The summed E-state index contributed by atoms with van der Waals surface area (Å²) >= 11 is 8.00. The molecule has 2 aliphatic heterocycles. The van der Waals surface area contributed by atoms with Gasteiger partial charge >= 0.3 is 0 Å². The van der Waals surface area contributed by atoms with Crippen LogP contribution in [0.15, 0.2) is 29.3 Å². The highest BCUT2D eigenvalue weighted by Gasteiger charge is 2.30. The van der Waals surface area contributed by atoms with E-state index in [0.717, 1.165) is 30.6 Å². The molecule has 0 saturated carbocycles. The monoisotopic (exact) mass is 508 g/mol. The van der Waals surface area contributed by atoms with E-state index in [4.69, 9.17) is 11.6 Å². The number of hydrogen-bond acceptors (Lipinski definition) is 3. The second-order valence-corrected chi connectivity index (χ2v) is 8.32. The molecule has 26 heavy (non-hydrogen) atoms. The lowest BCUT2D eigenvalue weighted by atomic mass is 10.1. The maximum absolute atomic E-state index is 6.15. The van der Waals surface area contributed by atoms with E-state index in [9.17, 15) is 0 Å². The Balaban J connectivity index is 0.00000243. The van der Waals surface area contributed by atoms with Crippen LogP contribution in [-0.2, 0) is 0 Å². The number of halogens is 2. The zero-order valence-corrected chi connectivity index (χ0v) is 19.6. The molecule has 4 nitrogen and oxygen atoms in total. The Morgan fingerprint density at radius 2 is 2.12 bits per heavy atom. The van der Waals surface area contributed by atoms with Crippen LogP contribution in [0.5, 0.6) is 0 Å². The van der Waals surface area contributed by atoms with Crippen molar-refractivity contribution in [2.45, 2.75) is 30.6 Å².